The molecule has 3 rings (SSSR count). The van der Waals surface area contributed by atoms with Crippen LogP contribution in [0.1, 0.15) is 12.8 Å². The van der Waals surface area contributed by atoms with Gasteiger partial charge in [-0.2, -0.15) is 10.2 Å². The summed E-state index contributed by atoms with van der Waals surface area (Å²) in [4.78, 5) is 11.9. The van der Waals surface area contributed by atoms with Crippen molar-refractivity contribution in [1.82, 2.24) is 20.0 Å². The number of carbonyl (C=O) groups is 1. The molecule has 0 radical (unpaired) electrons. The molecular weight excluding hydrogens is 254 g/mol. The van der Waals surface area contributed by atoms with E-state index < -0.39 is 0 Å². The lowest BCUT2D eigenvalue weighted by Crippen LogP contribution is -2.13. The summed E-state index contributed by atoms with van der Waals surface area (Å²) in [6.07, 6.45) is 4.81. The van der Waals surface area contributed by atoms with Crippen LogP contribution in [0.4, 0.5) is 5.82 Å². The van der Waals surface area contributed by atoms with Gasteiger partial charge in [-0.1, -0.05) is 12.1 Å². The fourth-order valence-corrected chi connectivity index (χ4v) is 2.09. The number of hydrogen-bond acceptors (Lipinski definition) is 3. The second kappa shape index (κ2) is 5.56. The van der Waals surface area contributed by atoms with Gasteiger partial charge in [-0.25, -0.2) is 0 Å². The van der Waals surface area contributed by atoms with Gasteiger partial charge in [-0.3, -0.25) is 14.6 Å². The number of aromatic amines is 1. The van der Waals surface area contributed by atoms with E-state index in [1.165, 1.54) is 0 Å². The zero-order valence-electron chi connectivity index (χ0n) is 10.9. The number of nitrogens with zero attached hydrogens (tertiary/aromatic N) is 3. The average molecular weight is 269 g/mol. The Hall–Kier alpha value is -2.63. The van der Waals surface area contributed by atoms with Gasteiger partial charge in [0.15, 0.2) is 5.82 Å². The largest absolute Gasteiger partial charge is 0.309 e. The van der Waals surface area contributed by atoms with Crippen molar-refractivity contribution in [3.05, 3.63) is 42.7 Å². The van der Waals surface area contributed by atoms with Crippen LogP contribution < -0.4 is 5.32 Å². The van der Waals surface area contributed by atoms with Crippen molar-refractivity contribution >= 4 is 22.6 Å². The number of nitrogens with one attached hydrogen (secondary N) is 2. The Balaban J connectivity index is 1.56. The molecule has 0 bridgehead atoms. The quantitative estimate of drug-likeness (QED) is 0.745. The lowest BCUT2D eigenvalue weighted by atomic mass is 10.2. The highest BCUT2D eigenvalue weighted by Crippen LogP contribution is 2.19. The first kappa shape index (κ1) is 12.4. The van der Waals surface area contributed by atoms with Crippen molar-refractivity contribution in [1.29, 1.82) is 0 Å². The molecule has 6 heteroatoms. The minimum Gasteiger partial charge on any atom is -0.309 e. The van der Waals surface area contributed by atoms with Crippen molar-refractivity contribution in [3.63, 3.8) is 0 Å². The second-order valence-electron chi connectivity index (χ2n) is 4.54. The van der Waals surface area contributed by atoms with E-state index in [1.54, 1.807) is 6.20 Å². The number of hydrogen-bond donors (Lipinski definition) is 2. The molecule has 1 aromatic carbocycles. The molecule has 0 spiro atoms. The molecule has 20 heavy (non-hydrogen) atoms. The number of benzene rings is 1. The molecule has 0 unspecified atom stereocenters. The summed E-state index contributed by atoms with van der Waals surface area (Å²) in [5, 5.41) is 14.9. The fraction of sp³-hybridized carbons (Fsp3) is 0.214. The number of para-hydroxylation sites is 1. The van der Waals surface area contributed by atoms with Gasteiger partial charge in [0.2, 0.25) is 5.91 Å². The fourth-order valence-electron chi connectivity index (χ4n) is 2.09. The molecule has 6 nitrogen and oxygen atoms in total. The number of H-pyrrole nitrogens is 1. The monoisotopic (exact) mass is 269 g/mol. The number of aromatic nitrogens is 4. The van der Waals surface area contributed by atoms with E-state index in [0.29, 0.717) is 12.2 Å². The molecule has 2 aromatic heterocycles. The zero-order valence-corrected chi connectivity index (χ0v) is 10.9. The highest BCUT2D eigenvalue weighted by molar-refractivity contribution is 5.99. The van der Waals surface area contributed by atoms with Gasteiger partial charge in [0.1, 0.15) is 0 Å². The molecule has 0 atom stereocenters. The van der Waals surface area contributed by atoms with Crippen LogP contribution in [-0.4, -0.2) is 25.9 Å². The minimum absolute atomic E-state index is 0.0330. The summed E-state index contributed by atoms with van der Waals surface area (Å²) in [5.74, 6) is 0.555. The number of aryl methyl sites for hydroxylation is 1. The third-order valence-electron chi connectivity index (χ3n) is 3.08. The number of carbonyl (C=O) groups excluding carboxylic acids is 1. The normalized spacial score (nSPS) is 10.8. The van der Waals surface area contributed by atoms with Crippen molar-refractivity contribution < 1.29 is 4.79 Å². The highest BCUT2D eigenvalue weighted by Gasteiger charge is 2.08. The van der Waals surface area contributed by atoms with Crippen LogP contribution in [-0.2, 0) is 11.3 Å². The Labute approximate surface area is 115 Å². The topological polar surface area (TPSA) is 75.6 Å². The number of rotatable bonds is 5. The van der Waals surface area contributed by atoms with Crippen LogP contribution in [0.2, 0.25) is 0 Å². The van der Waals surface area contributed by atoms with Gasteiger partial charge >= 0.3 is 0 Å². The van der Waals surface area contributed by atoms with Crippen molar-refractivity contribution in [2.24, 2.45) is 0 Å². The zero-order chi connectivity index (χ0) is 13.8. The Bertz CT molecular complexity index is 701. The SMILES string of the molecule is O=C(CCCn1cccn1)Nc1n[nH]c2ccccc12. The van der Waals surface area contributed by atoms with E-state index in [0.717, 1.165) is 23.9 Å². The Morgan fingerprint density at radius 2 is 2.20 bits per heavy atom. The van der Waals surface area contributed by atoms with E-state index in [-0.39, 0.29) is 5.91 Å². The third-order valence-corrected chi connectivity index (χ3v) is 3.08. The average Bonchev–Trinajstić information content (AvgIpc) is 3.09. The minimum atomic E-state index is -0.0330. The molecule has 0 aliphatic rings. The lowest BCUT2D eigenvalue weighted by Gasteiger charge is -2.03. The molecule has 0 saturated carbocycles. The Morgan fingerprint density at radius 3 is 3.05 bits per heavy atom. The first-order valence-electron chi connectivity index (χ1n) is 6.53. The Kier molecular flexibility index (Phi) is 3.45. The van der Waals surface area contributed by atoms with Crippen molar-refractivity contribution in [2.75, 3.05) is 5.32 Å². The van der Waals surface area contributed by atoms with Gasteiger partial charge in [-0.15, -0.1) is 0 Å². The molecule has 2 heterocycles. The van der Waals surface area contributed by atoms with E-state index in [2.05, 4.69) is 20.6 Å². The van der Waals surface area contributed by atoms with E-state index in [1.807, 2.05) is 41.2 Å². The van der Waals surface area contributed by atoms with E-state index in [9.17, 15) is 4.79 Å². The van der Waals surface area contributed by atoms with Crippen molar-refractivity contribution in [3.8, 4) is 0 Å². The van der Waals surface area contributed by atoms with Crippen LogP contribution in [0.3, 0.4) is 0 Å². The molecule has 0 saturated heterocycles. The van der Waals surface area contributed by atoms with Crippen molar-refractivity contribution in [2.45, 2.75) is 19.4 Å². The first-order chi connectivity index (χ1) is 9.83. The summed E-state index contributed by atoms with van der Waals surface area (Å²) in [5.41, 5.74) is 0.916. The predicted octanol–water partition coefficient (Wildman–Crippen LogP) is 2.18. The molecule has 0 fully saturated rings. The maximum Gasteiger partial charge on any atom is 0.225 e. The summed E-state index contributed by atoms with van der Waals surface area (Å²) in [6.45, 7) is 0.738. The summed E-state index contributed by atoms with van der Waals surface area (Å²) in [7, 11) is 0. The van der Waals surface area contributed by atoms with Crippen LogP contribution in [0.5, 0.6) is 0 Å². The number of fused-ring (bicyclic) bond motifs is 1. The molecule has 0 aliphatic heterocycles. The van der Waals surface area contributed by atoms with Crippen LogP contribution in [0, 0.1) is 0 Å². The molecular formula is C14H15N5O. The maximum atomic E-state index is 11.9. The van der Waals surface area contributed by atoms with E-state index in [4.69, 9.17) is 0 Å². The molecule has 3 aromatic rings. The standard InChI is InChI=1S/C14H15N5O/c20-13(7-3-9-19-10-4-8-15-19)16-14-11-5-1-2-6-12(11)17-18-14/h1-2,4-6,8,10H,3,7,9H2,(H2,16,17,18,20). The van der Waals surface area contributed by atoms with Crippen LogP contribution >= 0.6 is 0 Å². The molecule has 0 aliphatic carbocycles. The van der Waals surface area contributed by atoms with Gasteiger partial charge in [0, 0.05) is 30.7 Å². The van der Waals surface area contributed by atoms with Gasteiger partial charge in [0.05, 0.1) is 5.52 Å². The predicted molar refractivity (Wildman–Crippen MR) is 76.2 cm³/mol. The Morgan fingerprint density at radius 1 is 1.30 bits per heavy atom. The van der Waals surface area contributed by atoms with Gasteiger partial charge < -0.3 is 5.32 Å². The second-order valence-corrected chi connectivity index (χ2v) is 4.54. The summed E-state index contributed by atoms with van der Waals surface area (Å²) < 4.78 is 1.82. The smallest absolute Gasteiger partial charge is 0.225 e. The van der Waals surface area contributed by atoms with Gasteiger partial charge in [0.25, 0.3) is 0 Å². The molecule has 102 valence electrons. The van der Waals surface area contributed by atoms with E-state index >= 15 is 0 Å². The van der Waals surface area contributed by atoms with Crippen LogP contribution in [0.15, 0.2) is 42.7 Å². The number of amides is 1. The molecule has 1 amide bonds. The third kappa shape index (κ3) is 2.69. The molecule has 2 N–H and O–H groups in total. The van der Waals surface area contributed by atoms with Gasteiger partial charge in [-0.05, 0) is 24.6 Å². The highest BCUT2D eigenvalue weighted by atomic mass is 16.1. The number of anilines is 1. The lowest BCUT2D eigenvalue weighted by molar-refractivity contribution is -0.116. The first-order valence-corrected chi connectivity index (χ1v) is 6.53. The maximum absolute atomic E-state index is 11.9. The summed E-state index contributed by atoms with van der Waals surface area (Å²) in [6, 6.07) is 9.57. The van der Waals surface area contributed by atoms with Crippen LogP contribution in [0.25, 0.3) is 10.9 Å². The summed E-state index contributed by atoms with van der Waals surface area (Å²) >= 11 is 0.